The zero-order valence-corrected chi connectivity index (χ0v) is 14.1. The minimum absolute atomic E-state index is 0.0945. The molecular formula is C15H19F3O5S. The predicted octanol–water partition coefficient (Wildman–Crippen LogP) is 3.12. The number of hydrogen-bond donors (Lipinski definition) is 0. The summed E-state index contributed by atoms with van der Waals surface area (Å²) in [4.78, 5) is 11.7. The predicted molar refractivity (Wildman–Crippen MR) is 80.6 cm³/mol. The van der Waals surface area contributed by atoms with Crippen molar-refractivity contribution in [1.29, 1.82) is 0 Å². The Hall–Kier alpha value is -1.61. The molecule has 0 fully saturated rings. The maximum absolute atomic E-state index is 12.4. The Labute approximate surface area is 138 Å². The van der Waals surface area contributed by atoms with Crippen molar-refractivity contribution < 1.29 is 35.3 Å². The molecule has 0 radical (unpaired) electrons. The molecule has 1 unspecified atom stereocenters. The molecule has 1 atom stereocenters. The summed E-state index contributed by atoms with van der Waals surface area (Å²) in [7, 11) is -5.86. The fourth-order valence-corrected chi connectivity index (χ4v) is 2.48. The SMILES string of the molecule is CCOC(=O)C(CCCc1ccc(C)cc1)OS(=O)(=O)C(F)(F)F. The molecule has 0 saturated heterocycles. The minimum atomic E-state index is -5.86. The van der Waals surface area contributed by atoms with Crippen LogP contribution in [-0.4, -0.2) is 32.6 Å². The highest BCUT2D eigenvalue weighted by molar-refractivity contribution is 7.87. The van der Waals surface area contributed by atoms with E-state index in [1.54, 1.807) is 0 Å². The lowest BCUT2D eigenvalue weighted by molar-refractivity contribution is -0.152. The van der Waals surface area contributed by atoms with Crippen LogP contribution in [0.2, 0.25) is 0 Å². The molecule has 0 aliphatic heterocycles. The number of benzene rings is 1. The highest BCUT2D eigenvalue weighted by Crippen LogP contribution is 2.27. The fraction of sp³-hybridized carbons (Fsp3) is 0.533. The van der Waals surface area contributed by atoms with Crippen molar-refractivity contribution in [2.24, 2.45) is 0 Å². The second-order valence-corrected chi connectivity index (χ2v) is 6.68. The molecule has 1 aromatic rings. The second-order valence-electron chi connectivity index (χ2n) is 5.11. The Morgan fingerprint density at radius 2 is 1.79 bits per heavy atom. The normalized spacial score (nSPS) is 13.5. The third-order valence-corrected chi connectivity index (χ3v) is 4.18. The Bertz CT molecular complexity index is 638. The minimum Gasteiger partial charge on any atom is -0.464 e. The molecule has 0 spiro atoms. The monoisotopic (exact) mass is 368 g/mol. The highest BCUT2D eigenvalue weighted by Gasteiger charge is 2.49. The summed E-state index contributed by atoms with van der Waals surface area (Å²) >= 11 is 0. The Morgan fingerprint density at radius 1 is 1.21 bits per heavy atom. The van der Waals surface area contributed by atoms with Gasteiger partial charge >= 0.3 is 21.6 Å². The second kappa shape index (κ2) is 8.48. The Balaban J connectivity index is 2.72. The van der Waals surface area contributed by atoms with Gasteiger partial charge in [0.15, 0.2) is 6.10 Å². The summed E-state index contributed by atoms with van der Waals surface area (Å²) in [6.07, 6.45) is -1.30. The van der Waals surface area contributed by atoms with Crippen molar-refractivity contribution in [1.82, 2.24) is 0 Å². The lowest BCUT2D eigenvalue weighted by atomic mass is 10.0. The van der Waals surface area contributed by atoms with Gasteiger partial charge in [-0.25, -0.2) is 8.98 Å². The largest absolute Gasteiger partial charge is 0.523 e. The topological polar surface area (TPSA) is 69.7 Å². The standard InChI is InChI=1S/C15H19F3O5S/c1-3-22-14(19)13(23-24(20,21)15(16,17)18)6-4-5-12-9-7-11(2)8-10-12/h7-10,13H,3-6H2,1-2H3. The van der Waals surface area contributed by atoms with E-state index in [-0.39, 0.29) is 19.4 Å². The number of rotatable bonds is 8. The van der Waals surface area contributed by atoms with E-state index in [4.69, 9.17) is 0 Å². The average Bonchev–Trinajstić information content (AvgIpc) is 2.47. The van der Waals surface area contributed by atoms with Crippen molar-refractivity contribution in [3.63, 3.8) is 0 Å². The Kier molecular flexibility index (Phi) is 7.22. The molecule has 0 bridgehead atoms. The van der Waals surface area contributed by atoms with Gasteiger partial charge in [-0.2, -0.15) is 21.6 Å². The van der Waals surface area contributed by atoms with Gasteiger partial charge in [-0.3, -0.25) is 0 Å². The zero-order valence-electron chi connectivity index (χ0n) is 13.3. The molecular weight excluding hydrogens is 349 g/mol. The van der Waals surface area contributed by atoms with E-state index >= 15 is 0 Å². The first-order valence-corrected chi connectivity index (χ1v) is 8.69. The van der Waals surface area contributed by atoms with E-state index in [0.29, 0.717) is 6.42 Å². The number of carbonyl (C=O) groups excluding carboxylic acids is 1. The van der Waals surface area contributed by atoms with E-state index in [1.807, 2.05) is 31.2 Å². The average molecular weight is 368 g/mol. The van der Waals surface area contributed by atoms with E-state index in [2.05, 4.69) is 8.92 Å². The molecule has 9 heteroatoms. The molecule has 0 aromatic heterocycles. The van der Waals surface area contributed by atoms with E-state index in [9.17, 15) is 26.4 Å². The van der Waals surface area contributed by atoms with Crippen molar-refractivity contribution in [3.05, 3.63) is 35.4 Å². The molecule has 24 heavy (non-hydrogen) atoms. The number of halogens is 3. The van der Waals surface area contributed by atoms with Gasteiger partial charge in [0, 0.05) is 0 Å². The zero-order chi connectivity index (χ0) is 18.4. The maximum Gasteiger partial charge on any atom is 0.523 e. The van der Waals surface area contributed by atoms with Crippen LogP contribution in [0.15, 0.2) is 24.3 Å². The molecule has 0 saturated carbocycles. The van der Waals surface area contributed by atoms with Gasteiger partial charge < -0.3 is 4.74 Å². The first kappa shape index (κ1) is 20.4. The number of alkyl halides is 3. The van der Waals surface area contributed by atoms with Crippen LogP contribution in [0.25, 0.3) is 0 Å². The van der Waals surface area contributed by atoms with Gasteiger partial charge in [0.25, 0.3) is 0 Å². The molecule has 136 valence electrons. The lowest BCUT2D eigenvalue weighted by Gasteiger charge is -2.17. The van der Waals surface area contributed by atoms with Crippen molar-refractivity contribution in [2.75, 3.05) is 6.61 Å². The van der Waals surface area contributed by atoms with Crippen LogP contribution in [0.4, 0.5) is 13.2 Å². The molecule has 0 heterocycles. The van der Waals surface area contributed by atoms with Crippen LogP contribution >= 0.6 is 0 Å². The summed E-state index contributed by atoms with van der Waals surface area (Å²) in [5.41, 5.74) is -3.61. The third kappa shape index (κ3) is 6.12. The Morgan fingerprint density at radius 3 is 2.29 bits per heavy atom. The number of aryl methyl sites for hydroxylation is 2. The number of esters is 1. The smallest absolute Gasteiger partial charge is 0.464 e. The van der Waals surface area contributed by atoms with Crippen LogP contribution in [0.5, 0.6) is 0 Å². The molecule has 5 nitrogen and oxygen atoms in total. The van der Waals surface area contributed by atoms with Gasteiger partial charge in [-0.15, -0.1) is 0 Å². The van der Waals surface area contributed by atoms with Gasteiger partial charge in [-0.05, 0) is 38.7 Å². The quantitative estimate of drug-likeness (QED) is 0.401. The number of hydrogen-bond acceptors (Lipinski definition) is 5. The van der Waals surface area contributed by atoms with Gasteiger partial charge in [0.2, 0.25) is 0 Å². The number of carbonyl (C=O) groups is 1. The fourth-order valence-electron chi connectivity index (χ4n) is 1.89. The van der Waals surface area contributed by atoms with Crippen molar-refractivity contribution >= 4 is 16.1 Å². The van der Waals surface area contributed by atoms with Crippen LogP contribution < -0.4 is 0 Å². The molecule has 1 rings (SSSR count). The third-order valence-electron chi connectivity index (χ3n) is 3.13. The van der Waals surface area contributed by atoms with Crippen LogP contribution in [0, 0.1) is 6.92 Å². The first-order chi connectivity index (χ1) is 11.1. The summed E-state index contributed by atoms with van der Waals surface area (Å²) in [5.74, 6) is -1.13. The lowest BCUT2D eigenvalue weighted by Crippen LogP contribution is -2.35. The van der Waals surface area contributed by atoms with Gasteiger partial charge in [0.1, 0.15) is 0 Å². The molecule has 1 aromatic carbocycles. The first-order valence-electron chi connectivity index (χ1n) is 7.28. The maximum atomic E-state index is 12.4. The van der Waals surface area contributed by atoms with E-state index in [1.165, 1.54) is 6.92 Å². The summed E-state index contributed by atoms with van der Waals surface area (Å²) in [5, 5.41) is 0. The van der Waals surface area contributed by atoms with E-state index in [0.717, 1.165) is 11.1 Å². The summed E-state index contributed by atoms with van der Waals surface area (Å²) in [6.45, 7) is 3.28. The number of ether oxygens (including phenoxy) is 1. The van der Waals surface area contributed by atoms with Crippen molar-refractivity contribution in [3.8, 4) is 0 Å². The molecule has 0 aliphatic carbocycles. The summed E-state index contributed by atoms with van der Waals surface area (Å²) in [6, 6.07) is 7.45. The van der Waals surface area contributed by atoms with Crippen LogP contribution in [0.1, 0.15) is 30.9 Å². The molecule has 0 N–H and O–H groups in total. The highest BCUT2D eigenvalue weighted by atomic mass is 32.2. The summed E-state index contributed by atoms with van der Waals surface area (Å²) < 4.78 is 68.0. The molecule has 0 amide bonds. The molecule has 0 aliphatic rings. The van der Waals surface area contributed by atoms with Crippen molar-refractivity contribution in [2.45, 2.75) is 44.7 Å². The van der Waals surface area contributed by atoms with Gasteiger partial charge in [0.05, 0.1) is 6.61 Å². The van der Waals surface area contributed by atoms with Crippen LogP contribution in [-0.2, 0) is 30.3 Å². The van der Waals surface area contributed by atoms with Gasteiger partial charge in [-0.1, -0.05) is 29.8 Å². The van der Waals surface area contributed by atoms with E-state index < -0.39 is 27.7 Å². The van der Waals surface area contributed by atoms with Crippen LogP contribution in [0.3, 0.4) is 0 Å².